The Morgan fingerprint density at radius 2 is 1.62 bits per heavy atom. The third-order valence-corrected chi connectivity index (χ3v) is 1.88. The summed E-state index contributed by atoms with van der Waals surface area (Å²) < 4.78 is 0. The maximum absolute atomic E-state index is 11.2. The van der Waals surface area contributed by atoms with Gasteiger partial charge in [-0.15, -0.1) is 0 Å². The zero-order chi connectivity index (χ0) is 10.4. The molecule has 0 aliphatic heterocycles. The Morgan fingerprint density at radius 3 is 1.92 bits per heavy atom. The van der Waals surface area contributed by atoms with E-state index in [4.69, 9.17) is 0 Å². The number of carbonyl (C=O) groups excluding carboxylic acids is 1. The molecule has 0 aromatic carbocycles. The van der Waals surface area contributed by atoms with E-state index in [2.05, 4.69) is 39.5 Å². The molecule has 0 aliphatic rings. The SMILES string of the molecule is CC#CC(=O)C=C(C(C)C)C(C)C. The second-order valence-electron chi connectivity index (χ2n) is 3.69. The smallest absolute Gasteiger partial charge is 0.228 e. The minimum Gasteiger partial charge on any atom is -0.280 e. The average Bonchev–Trinajstić information content (AvgIpc) is 1.99. The van der Waals surface area contributed by atoms with Crippen molar-refractivity contribution >= 4 is 5.78 Å². The van der Waals surface area contributed by atoms with E-state index in [0.717, 1.165) is 0 Å². The zero-order valence-corrected chi connectivity index (χ0v) is 9.14. The summed E-state index contributed by atoms with van der Waals surface area (Å²) in [6, 6.07) is 0. The first-order valence-corrected chi connectivity index (χ1v) is 4.67. The Balaban J connectivity index is 4.70. The summed E-state index contributed by atoms with van der Waals surface area (Å²) >= 11 is 0. The third kappa shape index (κ3) is 4.52. The molecule has 1 nitrogen and oxygen atoms in total. The maximum Gasteiger partial charge on any atom is 0.228 e. The molecule has 1 heteroatoms. The molecule has 0 bridgehead atoms. The van der Waals surface area contributed by atoms with Crippen molar-refractivity contribution in [2.24, 2.45) is 11.8 Å². The van der Waals surface area contributed by atoms with Crippen LogP contribution in [-0.2, 0) is 4.79 Å². The molecule has 0 aromatic heterocycles. The highest BCUT2D eigenvalue weighted by atomic mass is 16.1. The van der Waals surface area contributed by atoms with Crippen LogP contribution in [0.3, 0.4) is 0 Å². The van der Waals surface area contributed by atoms with Crippen LogP contribution < -0.4 is 0 Å². The lowest BCUT2D eigenvalue weighted by molar-refractivity contribution is -0.109. The van der Waals surface area contributed by atoms with E-state index in [1.807, 2.05) is 0 Å². The second kappa shape index (κ2) is 5.59. The van der Waals surface area contributed by atoms with Crippen LogP contribution in [0.25, 0.3) is 0 Å². The van der Waals surface area contributed by atoms with E-state index in [0.29, 0.717) is 11.8 Å². The number of carbonyl (C=O) groups is 1. The van der Waals surface area contributed by atoms with Crippen molar-refractivity contribution in [2.45, 2.75) is 34.6 Å². The minimum atomic E-state index is -0.0834. The molecule has 0 unspecified atom stereocenters. The Hall–Kier alpha value is -1.03. The Kier molecular flexibility index (Phi) is 5.14. The lowest BCUT2D eigenvalue weighted by Crippen LogP contribution is -2.04. The number of rotatable bonds is 3. The molecule has 72 valence electrons. The van der Waals surface area contributed by atoms with Crippen LogP contribution in [0.15, 0.2) is 11.6 Å². The molecule has 0 rings (SSSR count). The van der Waals surface area contributed by atoms with Crippen LogP contribution >= 0.6 is 0 Å². The lowest BCUT2D eigenvalue weighted by atomic mass is 9.91. The standard InChI is InChI=1S/C12H18O/c1-6-7-11(13)8-12(9(2)3)10(4)5/h8-10H,1-5H3. The van der Waals surface area contributed by atoms with Crippen LogP contribution in [-0.4, -0.2) is 5.78 Å². The van der Waals surface area contributed by atoms with E-state index in [-0.39, 0.29) is 5.78 Å². The number of hydrogen-bond acceptors (Lipinski definition) is 1. The van der Waals surface area contributed by atoms with Crippen molar-refractivity contribution in [3.63, 3.8) is 0 Å². The first kappa shape index (κ1) is 12.0. The molecule has 0 N–H and O–H groups in total. The number of hydrogen-bond donors (Lipinski definition) is 0. The van der Waals surface area contributed by atoms with Gasteiger partial charge >= 0.3 is 0 Å². The molecule has 0 heterocycles. The molecule has 0 atom stereocenters. The average molecular weight is 178 g/mol. The highest BCUT2D eigenvalue weighted by Gasteiger charge is 2.08. The molecule has 0 amide bonds. The largest absolute Gasteiger partial charge is 0.280 e. The summed E-state index contributed by atoms with van der Waals surface area (Å²) in [5.41, 5.74) is 1.17. The lowest BCUT2D eigenvalue weighted by Gasteiger charge is -2.14. The van der Waals surface area contributed by atoms with Gasteiger partial charge in [-0.25, -0.2) is 0 Å². The van der Waals surface area contributed by atoms with E-state index in [9.17, 15) is 4.79 Å². The van der Waals surface area contributed by atoms with Crippen molar-refractivity contribution in [3.05, 3.63) is 11.6 Å². The van der Waals surface area contributed by atoms with Crippen LogP contribution in [0, 0.1) is 23.7 Å². The molecule has 13 heavy (non-hydrogen) atoms. The van der Waals surface area contributed by atoms with Gasteiger partial charge in [-0.3, -0.25) is 4.79 Å². The van der Waals surface area contributed by atoms with Gasteiger partial charge in [0.25, 0.3) is 0 Å². The van der Waals surface area contributed by atoms with Crippen molar-refractivity contribution < 1.29 is 4.79 Å². The Labute approximate surface area is 81.2 Å². The molecular weight excluding hydrogens is 160 g/mol. The van der Waals surface area contributed by atoms with Crippen LogP contribution in [0.4, 0.5) is 0 Å². The van der Waals surface area contributed by atoms with E-state index >= 15 is 0 Å². The zero-order valence-electron chi connectivity index (χ0n) is 9.14. The molecule has 0 saturated carbocycles. The fourth-order valence-corrected chi connectivity index (χ4v) is 1.31. The summed E-state index contributed by atoms with van der Waals surface area (Å²) in [5, 5.41) is 0. The first-order chi connectivity index (χ1) is 5.99. The molecule has 0 aliphatic carbocycles. The van der Waals surface area contributed by atoms with Gasteiger partial charge in [0.05, 0.1) is 0 Å². The highest BCUT2D eigenvalue weighted by molar-refractivity contribution is 6.04. The second-order valence-corrected chi connectivity index (χ2v) is 3.69. The molecule has 0 radical (unpaired) electrons. The topological polar surface area (TPSA) is 17.1 Å². The van der Waals surface area contributed by atoms with E-state index in [1.54, 1.807) is 13.0 Å². The van der Waals surface area contributed by atoms with E-state index in [1.165, 1.54) is 5.57 Å². The first-order valence-electron chi connectivity index (χ1n) is 4.67. The monoisotopic (exact) mass is 178 g/mol. The predicted octanol–water partition coefficient (Wildman–Crippen LogP) is 2.82. The van der Waals surface area contributed by atoms with Gasteiger partial charge in [0, 0.05) is 0 Å². The van der Waals surface area contributed by atoms with E-state index < -0.39 is 0 Å². The fraction of sp³-hybridized carbons (Fsp3) is 0.583. The van der Waals surface area contributed by atoms with Gasteiger partial charge < -0.3 is 0 Å². The van der Waals surface area contributed by atoms with Crippen LogP contribution in [0.1, 0.15) is 34.6 Å². The molecule has 0 fully saturated rings. The van der Waals surface area contributed by atoms with Gasteiger partial charge in [0.1, 0.15) is 0 Å². The number of ketones is 1. The summed E-state index contributed by atoms with van der Waals surface area (Å²) in [4.78, 5) is 11.2. The van der Waals surface area contributed by atoms with Gasteiger partial charge in [-0.05, 0) is 30.8 Å². The Bertz CT molecular complexity index is 249. The van der Waals surface area contributed by atoms with Crippen molar-refractivity contribution in [2.75, 3.05) is 0 Å². The van der Waals surface area contributed by atoms with Crippen molar-refractivity contribution in [3.8, 4) is 11.8 Å². The highest BCUT2D eigenvalue weighted by Crippen LogP contribution is 2.18. The summed E-state index contributed by atoms with van der Waals surface area (Å²) in [6.07, 6.45) is 1.67. The third-order valence-electron chi connectivity index (χ3n) is 1.88. The molecule has 0 spiro atoms. The van der Waals surface area contributed by atoms with Gasteiger partial charge in [-0.2, -0.15) is 0 Å². The quantitative estimate of drug-likeness (QED) is 0.369. The minimum absolute atomic E-state index is 0.0834. The molecule has 0 aromatic rings. The normalized spacial score (nSPS) is 9.46. The summed E-state index contributed by atoms with van der Waals surface area (Å²) in [6.45, 7) is 10.1. The predicted molar refractivity (Wildman–Crippen MR) is 56.2 cm³/mol. The van der Waals surface area contributed by atoms with Gasteiger partial charge in [0.2, 0.25) is 5.78 Å². The van der Waals surface area contributed by atoms with Gasteiger partial charge in [-0.1, -0.05) is 39.2 Å². The molecule has 0 saturated heterocycles. The maximum atomic E-state index is 11.2. The number of allylic oxidation sites excluding steroid dienone is 2. The van der Waals surface area contributed by atoms with Crippen LogP contribution in [0.2, 0.25) is 0 Å². The summed E-state index contributed by atoms with van der Waals surface area (Å²) in [7, 11) is 0. The van der Waals surface area contributed by atoms with Gasteiger partial charge in [0.15, 0.2) is 0 Å². The van der Waals surface area contributed by atoms with Crippen LogP contribution in [0.5, 0.6) is 0 Å². The van der Waals surface area contributed by atoms with Crippen molar-refractivity contribution in [1.29, 1.82) is 0 Å². The van der Waals surface area contributed by atoms with Crippen molar-refractivity contribution in [1.82, 2.24) is 0 Å². The fourth-order valence-electron chi connectivity index (χ4n) is 1.31. The summed E-state index contributed by atoms with van der Waals surface area (Å²) in [5.74, 6) is 5.88. The molecular formula is C12H18O. The Morgan fingerprint density at radius 1 is 1.15 bits per heavy atom.